The van der Waals surface area contributed by atoms with E-state index in [1.54, 1.807) is 30.5 Å². The molecule has 33 heavy (non-hydrogen) atoms. The Kier molecular flexibility index (Phi) is 5.23. The third-order valence-electron chi connectivity index (χ3n) is 7.63. The van der Waals surface area contributed by atoms with Gasteiger partial charge in [-0.1, -0.05) is 23.7 Å². The van der Waals surface area contributed by atoms with Gasteiger partial charge in [-0.05, 0) is 73.5 Å². The second-order valence-corrected chi connectivity index (χ2v) is 10.6. The molecule has 4 aliphatic rings. The molecule has 0 radical (unpaired) electrons. The standard InChI is InChI=1S/C24H26ClN3O5/c25-21-18(27-17-3-1-14(2-4-17)6-19(29)30)12-26-28(22(21)33)24-9-15-5-16(10-24)8-23(7-15,13-24)11-20(31)32/h1-4,12,15-16,27H,5-11,13H2,(H,29,30)(H,31,32)/t15-,16-,23?,24?/m1/s1. The highest BCUT2D eigenvalue weighted by atomic mass is 35.5. The van der Waals surface area contributed by atoms with Crippen molar-refractivity contribution in [3.63, 3.8) is 0 Å². The van der Waals surface area contributed by atoms with Crippen molar-refractivity contribution in [2.75, 3.05) is 5.32 Å². The van der Waals surface area contributed by atoms with Crippen molar-refractivity contribution in [1.82, 2.24) is 9.78 Å². The van der Waals surface area contributed by atoms with Crippen LogP contribution in [-0.2, 0) is 21.5 Å². The molecule has 2 atom stereocenters. The number of aliphatic carboxylic acids is 2. The maximum Gasteiger partial charge on any atom is 0.307 e. The molecule has 4 aliphatic carbocycles. The van der Waals surface area contributed by atoms with Crippen molar-refractivity contribution in [1.29, 1.82) is 0 Å². The Morgan fingerprint density at radius 2 is 1.76 bits per heavy atom. The minimum absolute atomic E-state index is 0.0441. The van der Waals surface area contributed by atoms with Gasteiger partial charge in [0.25, 0.3) is 5.56 Å². The van der Waals surface area contributed by atoms with Crippen LogP contribution in [0.2, 0.25) is 5.02 Å². The van der Waals surface area contributed by atoms with Crippen molar-refractivity contribution in [2.45, 2.75) is 56.9 Å². The summed E-state index contributed by atoms with van der Waals surface area (Å²) in [7, 11) is 0. The Morgan fingerprint density at radius 3 is 2.36 bits per heavy atom. The normalized spacial score (nSPS) is 29.7. The monoisotopic (exact) mass is 471 g/mol. The molecule has 4 saturated carbocycles. The highest BCUT2D eigenvalue weighted by Crippen LogP contribution is 2.65. The lowest BCUT2D eigenvalue weighted by Gasteiger charge is -2.61. The molecular weight excluding hydrogens is 446 g/mol. The van der Waals surface area contributed by atoms with Crippen molar-refractivity contribution < 1.29 is 19.8 Å². The van der Waals surface area contributed by atoms with Gasteiger partial charge in [0.05, 0.1) is 30.3 Å². The second-order valence-electron chi connectivity index (χ2n) is 10.2. The predicted molar refractivity (Wildman–Crippen MR) is 122 cm³/mol. The lowest BCUT2D eigenvalue weighted by Crippen LogP contribution is -2.59. The zero-order valence-corrected chi connectivity index (χ0v) is 18.8. The highest BCUT2D eigenvalue weighted by molar-refractivity contribution is 6.33. The quantitative estimate of drug-likeness (QED) is 0.557. The topological polar surface area (TPSA) is 122 Å². The zero-order valence-electron chi connectivity index (χ0n) is 18.1. The molecule has 1 aromatic heterocycles. The van der Waals surface area contributed by atoms with Crippen LogP contribution >= 0.6 is 11.6 Å². The fourth-order valence-electron chi connectivity index (χ4n) is 7.07. The number of benzene rings is 1. The van der Waals surface area contributed by atoms with E-state index in [0.29, 0.717) is 35.2 Å². The number of carboxylic acids is 2. The Labute approximate surface area is 195 Å². The predicted octanol–water partition coefficient (Wildman–Crippen LogP) is 4.04. The van der Waals surface area contributed by atoms with Crippen LogP contribution in [0, 0.1) is 17.3 Å². The van der Waals surface area contributed by atoms with E-state index in [1.165, 1.54) is 4.68 Å². The largest absolute Gasteiger partial charge is 0.481 e. The Morgan fingerprint density at radius 1 is 1.09 bits per heavy atom. The SMILES string of the molecule is O=C(O)Cc1ccc(Nc2cnn(C34C[C@@H]5C[C@H](CC(CC(=O)O)(C5)C3)C4)c(=O)c2Cl)cc1. The molecule has 1 aromatic carbocycles. The third kappa shape index (κ3) is 4.01. The first-order chi connectivity index (χ1) is 15.7. The maximum absolute atomic E-state index is 13.3. The molecule has 2 aromatic rings. The summed E-state index contributed by atoms with van der Waals surface area (Å²) in [6, 6.07) is 6.87. The van der Waals surface area contributed by atoms with Gasteiger partial charge in [0.1, 0.15) is 5.02 Å². The van der Waals surface area contributed by atoms with Crippen LogP contribution in [0.15, 0.2) is 35.3 Å². The van der Waals surface area contributed by atoms with Gasteiger partial charge in [0.2, 0.25) is 0 Å². The number of carbonyl (C=O) groups is 2. The molecule has 0 spiro atoms. The number of carboxylic acid groups (broad SMARTS) is 2. The van der Waals surface area contributed by atoms with Gasteiger partial charge in [-0.3, -0.25) is 14.4 Å². The van der Waals surface area contributed by atoms with Gasteiger partial charge in [-0.2, -0.15) is 5.10 Å². The molecule has 8 nitrogen and oxygen atoms in total. The number of hydrogen-bond acceptors (Lipinski definition) is 5. The van der Waals surface area contributed by atoms with Gasteiger partial charge in [-0.25, -0.2) is 4.68 Å². The van der Waals surface area contributed by atoms with E-state index in [2.05, 4.69) is 10.4 Å². The van der Waals surface area contributed by atoms with Crippen LogP contribution in [0.25, 0.3) is 0 Å². The van der Waals surface area contributed by atoms with Crippen LogP contribution in [0.1, 0.15) is 50.5 Å². The molecule has 4 fully saturated rings. The summed E-state index contributed by atoms with van der Waals surface area (Å²) in [4.78, 5) is 35.8. The smallest absolute Gasteiger partial charge is 0.307 e. The minimum Gasteiger partial charge on any atom is -0.481 e. The molecule has 6 rings (SSSR count). The zero-order chi connectivity index (χ0) is 23.4. The number of halogens is 1. The Bertz CT molecular complexity index is 1160. The Balaban J connectivity index is 1.43. The average Bonchev–Trinajstić information content (AvgIpc) is 2.70. The lowest BCUT2D eigenvalue weighted by atomic mass is 9.46. The number of rotatable bonds is 7. The first-order valence-electron chi connectivity index (χ1n) is 11.2. The molecule has 0 amide bonds. The molecule has 174 valence electrons. The molecule has 3 N–H and O–H groups in total. The van der Waals surface area contributed by atoms with E-state index in [4.69, 9.17) is 16.7 Å². The van der Waals surface area contributed by atoms with E-state index in [0.717, 1.165) is 32.1 Å². The number of aromatic nitrogens is 2. The van der Waals surface area contributed by atoms with E-state index >= 15 is 0 Å². The van der Waals surface area contributed by atoms with Crippen molar-refractivity contribution >= 4 is 34.9 Å². The summed E-state index contributed by atoms with van der Waals surface area (Å²) >= 11 is 6.50. The van der Waals surface area contributed by atoms with E-state index in [1.807, 2.05) is 0 Å². The fourth-order valence-corrected chi connectivity index (χ4v) is 7.25. The minimum atomic E-state index is -0.902. The lowest BCUT2D eigenvalue weighted by molar-refractivity contribution is -0.151. The molecule has 0 saturated heterocycles. The van der Waals surface area contributed by atoms with E-state index in [9.17, 15) is 19.5 Å². The molecule has 4 bridgehead atoms. The summed E-state index contributed by atoms with van der Waals surface area (Å²) in [6.45, 7) is 0. The van der Waals surface area contributed by atoms with Crippen molar-refractivity contribution in [2.24, 2.45) is 17.3 Å². The van der Waals surface area contributed by atoms with Crippen LogP contribution in [0.3, 0.4) is 0 Å². The number of nitrogens with one attached hydrogen (secondary N) is 1. The molecular formula is C24H26ClN3O5. The van der Waals surface area contributed by atoms with Crippen LogP contribution in [0.4, 0.5) is 11.4 Å². The third-order valence-corrected chi connectivity index (χ3v) is 8.00. The Hall–Kier alpha value is -2.87. The highest BCUT2D eigenvalue weighted by Gasteiger charge is 2.59. The van der Waals surface area contributed by atoms with Crippen molar-refractivity contribution in [3.8, 4) is 0 Å². The van der Waals surface area contributed by atoms with Gasteiger partial charge in [0.15, 0.2) is 0 Å². The molecule has 0 aliphatic heterocycles. The summed E-state index contributed by atoms with van der Waals surface area (Å²) in [5, 5.41) is 26.1. The maximum atomic E-state index is 13.3. The van der Waals surface area contributed by atoms with Gasteiger partial charge in [-0.15, -0.1) is 0 Å². The van der Waals surface area contributed by atoms with Crippen LogP contribution in [0.5, 0.6) is 0 Å². The summed E-state index contributed by atoms with van der Waals surface area (Å²) in [5.74, 6) is -0.846. The van der Waals surface area contributed by atoms with E-state index < -0.39 is 17.5 Å². The molecule has 1 heterocycles. The molecule has 9 heteroatoms. The van der Waals surface area contributed by atoms with Gasteiger partial charge < -0.3 is 15.5 Å². The molecule has 0 unspecified atom stereocenters. The number of anilines is 2. The average molecular weight is 472 g/mol. The first kappa shape index (κ1) is 21.9. The number of nitrogens with zero attached hydrogens (tertiary/aromatic N) is 2. The summed E-state index contributed by atoms with van der Waals surface area (Å²) < 4.78 is 1.53. The van der Waals surface area contributed by atoms with Gasteiger partial charge >= 0.3 is 11.9 Å². The fraction of sp³-hybridized carbons (Fsp3) is 0.500. The van der Waals surface area contributed by atoms with Crippen LogP contribution in [-0.4, -0.2) is 31.9 Å². The first-order valence-corrected chi connectivity index (χ1v) is 11.6. The number of hydrogen-bond donors (Lipinski definition) is 3. The van der Waals surface area contributed by atoms with Gasteiger partial charge in [0, 0.05) is 5.69 Å². The van der Waals surface area contributed by atoms with Crippen LogP contribution < -0.4 is 10.9 Å². The summed E-state index contributed by atoms with van der Waals surface area (Å²) in [6.07, 6.45) is 6.89. The van der Waals surface area contributed by atoms with E-state index in [-0.39, 0.29) is 28.8 Å². The van der Waals surface area contributed by atoms with Crippen molar-refractivity contribution in [3.05, 3.63) is 51.4 Å². The second kappa shape index (κ2) is 7.87. The summed E-state index contributed by atoms with van der Waals surface area (Å²) in [5.41, 5.74) is 0.616.